The number of hydrogen-bond acceptors (Lipinski definition) is 4. The van der Waals surface area contributed by atoms with Crippen LogP contribution in [0.15, 0.2) is 65.2 Å². The zero-order chi connectivity index (χ0) is 16.1. The second-order valence-corrected chi connectivity index (χ2v) is 6.58. The summed E-state index contributed by atoms with van der Waals surface area (Å²) in [5.74, 6) is 2.20. The zero-order valence-electron chi connectivity index (χ0n) is 12.8. The van der Waals surface area contributed by atoms with E-state index >= 15 is 0 Å². The van der Waals surface area contributed by atoms with Crippen LogP contribution < -0.4 is 4.74 Å². The molecule has 0 radical (unpaired) electrons. The van der Waals surface area contributed by atoms with Crippen LogP contribution in [-0.2, 0) is 22.3 Å². The molecule has 0 amide bonds. The molecule has 2 aromatic carbocycles. The van der Waals surface area contributed by atoms with E-state index in [0.717, 1.165) is 22.6 Å². The third-order valence-corrected chi connectivity index (χ3v) is 4.66. The van der Waals surface area contributed by atoms with E-state index < -0.39 is 10.8 Å². The van der Waals surface area contributed by atoms with Crippen LogP contribution in [0.1, 0.15) is 11.3 Å². The molecule has 4 nitrogen and oxygen atoms in total. The number of hydrogen-bond donors (Lipinski definition) is 0. The molecule has 0 spiro atoms. The van der Waals surface area contributed by atoms with Crippen molar-refractivity contribution in [1.82, 2.24) is 5.16 Å². The summed E-state index contributed by atoms with van der Waals surface area (Å²) in [4.78, 5) is 0. The topological polar surface area (TPSA) is 52.3 Å². The van der Waals surface area contributed by atoms with Crippen molar-refractivity contribution in [1.29, 1.82) is 0 Å². The highest BCUT2D eigenvalue weighted by Gasteiger charge is 2.10. The number of rotatable bonds is 6. The van der Waals surface area contributed by atoms with Crippen LogP contribution in [0.5, 0.6) is 5.75 Å². The van der Waals surface area contributed by atoms with Gasteiger partial charge in [0.25, 0.3) is 0 Å². The molecule has 3 aromatic rings. The highest BCUT2D eigenvalue weighted by Crippen LogP contribution is 2.20. The van der Waals surface area contributed by atoms with E-state index in [9.17, 15) is 4.21 Å². The molecule has 1 unspecified atom stereocenters. The van der Waals surface area contributed by atoms with Gasteiger partial charge in [0.2, 0.25) is 0 Å². The van der Waals surface area contributed by atoms with Gasteiger partial charge in [-0.05, 0) is 17.7 Å². The predicted molar refractivity (Wildman–Crippen MR) is 90.5 cm³/mol. The van der Waals surface area contributed by atoms with Crippen molar-refractivity contribution < 1.29 is 13.5 Å². The van der Waals surface area contributed by atoms with Crippen LogP contribution in [0.2, 0.25) is 0 Å². The first kappa shape index (κ1) is 15.5. The number of aromatic nitrogens is 1. The average molecular weight is 327 g/mol. The number of benzene rings is 2. The van der Waals surface area contributed by atoms with Gasteiger partial charge < -0.3 is 9.26 Å². The monoisotopic (exact) mass is 327 g/mol. The van der Waals surface area contributed by atoms with Gasteiger partial charge in [-0.15, -0.1) is 0 Å². The second-order valence-electron chi connectivity index (χ2n) is 5.12. The summed E-state index contributed by atoms with van der Waals surface area (Å²) in [6.45, 7) is 0. The Morgan fingerprint density at radius 2 is 1.87 bits per heavy atom. The van der Waals surface area contributed by atoms with Crippen molar-refractivity contribution in [3.8, 4) is 17.0 Å². The lowest BCUT2D eigenvalue weighted by molar-refractivity contribution is 0.396. The maximum Gasteiger partial charge on any atom is 0.149 e. The summed E-state index contributed by atoms with van der Waals surface area (Å²) >= 11 is 0. The van der Waals surface area contributed by atoms with Crippen molar-refractivity contribution in [3.63, 3.8) is 0 Å². The van der Waals surface area contributed by atoms with E-state index in [-0.39, 0.29) is 0 Å². The number of ether oxygens (including phenoxy) is 1. The largest absolute Gasteiger partial charge is 0.497 e. The van der Waals surface area contributed by atoms with Crippen molar-refractivity contribution in [3.05, 3.63) is 72.0 Å². The SMILES string of the molecule is COc1cccc(CS(=O)Cc2cc(-c3ccccc3)no2)c1. The molecule has 0 aliphatic rings. The van der Waals surface area contributed by atoms with Crippen molar-refractivity contribution in [2.24, 2.45) is 0 Å². The van der Waals surface area contributed by atoms with E-state index in [4.69, 9.17) is 9.26 Å². The quantitative estimate of drug-likeness (QED) is 0.691. The average Bonchev–Trinajstić information content (AvgIpc) is 3.04. The van der Waals surface area contributed by atoms with E-state index in [1.54, 1.807) is 7.11 Å². The lowest BCUT2D eigenvalue weighted by atomic mass is 10.1. The first-order chi connectivity index (χ1) is 11.2. The van der Waals surface area contributed by atoms with Crippen molar-refractivity contribution in [2.75, 3.05) is 7.11 Å². The molecule has 5 heteroatoms. The molecule has 1 heterocycles. The van der Waals surface area contributed by atoms with Crippen LogP contribution in [-0.4, -0.2) is 16.5 Å². The minimum atomic E-state index is -1.06. The fourth-order valence-corrected chi connectivity index (χ4v) is 3.39. The minimum absolute atomic E-state index is 0.344. The summed E-state index contributed by atoms with van der Waals surface area (Å²) in [5.41, 5.74) is 2.73. The number of nitrogens with zero attached hydrogens (tertiary/aromatic N) is 1. The maximum absolute atomic E-state index is 12.3. The molecule has 0 aliphatic carbocycles. The van der Waals surface area contributed by atoms with Gasteiger partial charge in [-0.25, -0.2) is 0 Å². The van der Waals surface area contributed by atoms with Gasteiger partial charge in [0, 0.05) is 28.2 Å². The van der Waals surface area contributed by atoms with Crippen LogP contribution in [0.25, 0.3) is 11.3 Å². The summed E-state index contributed by atoms with van der Waals surface area (Å²) in [5, 5.41) is 4.04. The Kier molecular flexibility index (Phi) is 4.88. The van der Waals surface area contributed by atoms with Crippen molar-refractivity contribution in [2.45, 2.75) is 11.5 Å². The fraction of sp³-hybridized carbons (Fsp3) is 0.167. The fourth-order valence-electron chi connectivity index (χ4n) is 2.28. The van der Waals surface area contributed by atoms with Crippen LogP contribution in [0, 0.1) is 0 Å². The molecule has 1 aromatic heterocycles. The highest BCUT2D eigenvalue weighted by atomic mass is 32.2. The van der Waals surface area contributed by atoms with Gasteiger partial charge in [-0.2, -0.15) is 0 Å². The Bertz CT molecular complexity index is 799. The minimum Gasteiger partial charge on any atom is -0.497 e. The maximum atomic E-state index is 12.3. The molecule has 0 bridgehead atoms. The normalized spacial score (nSPS) is 12.0. The smallest absolute Gasteiger partial charge is 0.149 e. The molecule has 0 saturated carbocycles. The van der Waals surface area contributed by atoms with Gasteiger partial charge in [-0.1, -0.05) is 47.6 Å². The summed E-state index contributed by atoms with van der Waals surface area (Å²) in [7, 11) is 0.556. The van der Waals surface area contributed by atoms with Crippen molar-refractivity contribution >= 4 is 10.8 Å². The lowest BCUT2D eigenvalue weighted by Gasteiger charge is -2.03. The molecule has 0 N–H and O–H groups in total. The summed E-state index contributed by atoms with van der Waals surface area (Å²) < 4.78 is 22.8. The highest BCUT2D eigenvalue weighted by molar-refractivity contribution is 7.83. The molecule has 3 rings (SSSR count). The van der Waals surface area contributed by atoms with Gasteiger partial charge in [0.1, 0.15) is 17.2 Å². The third-order valence-electron chi connectivity index (χ3n) is 3.39. The Balaban J connectivity index is 1.65. The van der Waals surface area contributed by atoms with Crippen LogP contribution >= 0.6 is 0 Å². The van der Waals surface area contributed by atoms with E-state index in [1.165, 1.54) is 0 Å². The molecule has 1 atom stereocenters. The van der Waals surface area contributed by atoms with Gasteiger partial charge in [-0.3, -0.25) is 4.21 Å². The molecule has 118 valence electrons. The van der Waals surface area contributed by atoms with Gasteiger partial charge >= 0.3 is 0 Å². The summed E-state index contributed by atoms with van der Waals surface area (Å²) in [6.07, 6.45) is 0. The molecule has 23 heavy (non-hydrogen) atoms. The number of methoxy groups -OCH3 is 1. The Labute approximate surface area is 137 Å². The molecule has 0 aliphatic heterocycles. The first-order valence-corrected chi connectivity index (χ1v) is 8.72. The van der Waals surface area contributed by atoms with E-state index in [2.05, 4.69) is 5.16 Å². The first-order valence-electron chi connectivity index (χ1n) is 7.23. The van der Waals surface area contributed by atoms with E-state index in [1.807, 2.05) is 60.7 Å². The van der Waals surface area contributed by atoms with Crippen LogP contribution in [0.3, 0.4) is 0 Å². The van der Waals surface area contributed by atoms with Gasteiger partial charge in [0.15, 0.2) is 0 Å². The molecule has 0 fully saturated rings. The Morgan fingerprint density at radius 1 is 1.04 bits per heavy atom. The third kappa shape index (κ3) is 4.07. The van der Waals surface area contributed by atoms with E-state index in [0.29, 0.717) is 17.3 Å². The molecular weight excluding hydrogens is 310 g/mol. The molecular formula is C18H17NO3S. The summed E-state index contributed by atoms with van der Waals surface area (Å²) in [6, 6.07) is 19.2. The standard InChI is InChI=1S/C18H17NO3S/c1-21-16-9-5-6-14(10-16)12-23(20)13-17-11-18(19-22-17)15-7-3-2-4-8-15/h2-11H,12-13H2,1H3. The predicted octanol–water partition coefficient (Wildman–Crippen LogP) is 3.80. The zero-order valence-corrected chi connectivity index (χ0v) is 13.6. The lowest BCUT2D eigenvalue weighted by Crippen LogP contribution is -1.99. The van der Waals surface area contributed by atoms with Gasteiger partial charge in [0.05, 0.1) is 12.9 Å². The Hall–Kier alpha value is -2.40. The van der Waals surface area contributed by atoms with Crippen LogP contribution in [0.4, 0.5) is 0 Å². The second kappa shape index (κ2) is 7.24. The Morgan fingerprint density at radius 3 is 2.65 bits per heavy atom. The molecule has 0 saturated heterocycles.